The third-order valence-electron chi connectivity index (χ3n) is 1.10. The Morgan fingerprint density at radius 2 is 1.75 bits per heavy atom. The third kappa shape index (κ3) is 4.96. The van der Waals surface area contributed by atoms with Crippen LogP contribution in [-0.4, -0.2) is 37.5 Å². The topological polar surface area (TPSA) is 38.8 Å². The Balaban J connectivity index is 3.69. The molecule has 0 radical (unpaired) electrons. The molecule has 0 aromatic carbocycles. The number of carbonyl (C=O) groups excluding carboxylic acids is 1. The first-order valence-electron chi connectivity index (χ1n) is 3.97. The molecule has 0 aliphatic carbocycles. The van der Waals surface area contributed by atoms with Gasteiger partial charge in [0.15, 0.2) is 0 Å². The van der Waals surface area contributed by atoms with Crippen molar-refractivity contribution in [1.82, 2.24) is 4.90 Å². The zero-order valence-electron chi connectivity index (χ0n) is 8.33. The summed E-state index contributed by atoms with van der Waals surface area (Å²) in [5, 5.41) is 0. The molecule has 0 heterocycles. The standard InChI is InChI=1S/C8H17NO3/c1-6(2)11-7(3)12-8(10)9(4)5/h6-7H,1-5H3. The van der Waals surface area contributed by atoms with Crippen molar-refractivity contribution in [3.8, 4) is 0 Å². The first-order chi connectivity index (χ1) is 5.43. The Bertz CT molecular complexity index is 145. The van der Waals surface area contributed by atoms with Crippen LogP contribution in [0.2, 0.25) is 0 Å². The van der Waals surface area contributed by atoms with E-state index in [9.17, 15) is 4.79 Å². The zero-order valence-corrected chi connectivity index (χ0v) is 8.33. The van der Waals surface area contributed by atoms with Crippen LogP contribution in [-0.2, 0) is 9.47 Å². The van der Waals surface area contributed by atoms with E-state index in [1.807, 2.05) is 13.8 Å². The highest BCUT2D eigenvalue weighted by molar-refractivity contribution is 5.66. The van der Waals surface area contributed by atoms with Crippen molar-refractivity contribution < 1.29 is 14.3 Å². The second-order valence-electron chi connectivity index (χ2n) is 3.03. The van der Waals surface area contributed by atoms with Crippen LogP contribution in [0.3, 0.4) is 0 Å². The Morgan fingerprint density at radius 1 is 1.25 bits per heavy atom. The number of hydrogen-bond donors (Lipinski definition) is 0. The quantitative estimate of drug-likeness (QED) is 0.609. The van der Waals surface area contributed by atoms with Gasteiger partial charge in [0.25, 0.3) is 0 Å². The number of carbonyl (C=O) groups is 1. The Kier molecular flexibility index (Phi) is 4.66. The second kappa shape index (κ2) is 4.98. The van der Waals surface area contributed by atoms with Crippen LogP contribution < -0.4 is 0 Å². The highest BCUT2D eigenvalue weighted by Crippen LogP contribution is 2.00. The largest absolute Gasteiger partial charge is 0.420 e. The average molecular weight is 175 g/mol. The number of nitrogens with zero attached hydrogens (tertiary/aromatic N) is 1. The summed E-state index contributed by atoms with van der Waals surface area (Å²) in [4.78, 5) is 12.3. The Hall–Kier alpha value is -0.770. The molecule has 0 rings (SSSR count). The van der Waals surface area contributed by atoms with Crippen LogP contribution in [0.1, 0.15) is 20.8 Å². The minimum atomic E-state index is -0.486. The van der Waals surface area contributed by atoms with Crippen LogP contribution in [0.25, 0.3) is 0 Å². The molecule has 4 nitrogen and oxygen atoms in total. The summed E-state index contributed by atoms with van der Waals surface area (Å²) in [5.41, 5.74) is 0. The SMILES string of the molecule is CC(C)OC(C)OC(=O)N(C)C. The second-order valence-corrected chi connectivity index (χ2v) is 3.03. The molecule has 0 N–H and O–H groups in total. The van der Waals surface area contributed by atoms with E-state index in [0.717, 1.165) is 0 Å². The van der Waals surface area contributed by atoms with Crippen molar-refractivity contribution in [1.29, 1.82) is 0 Å². The van der Waals surface area contributed by atoms with E-state index in [0.29, 0.717) is 0 Å². The number of rotatable bonds is 3. The van der Waals surface area contributed by atoms with E-state index in [2.05, 4.69) is 0 Å². The molecule has 0 saturated carbocycles. The highest BCUT2D eigenvalue weighted by atomic mass is 16.7. The Morgan fingerprint density at radius 3 is 2.08 bits per heavy atom. The van der Waals surface area contributed by atoms with Gasteiger partial charge in [0.1, 0.15) is 0 Å². The van der Waals surface area contributed by atoms with Crippen LogP contribution >= 0.6 is 0 Å². The predicted octanol–water partition coefficient (Wildman–Crippen LogP) is 1.46. The van der Waals surface area contributed by atoms with Gasteiger partial charge in [-0.2, -0.15) is 0 Å². The summed E-state index contributed by atoms with van der Waals surface area (Å²) in [6, 6.07) is 0. The van der Waals surface area contributed by atoms with Crippen molar-refractivity contribution in [3.05, 3.63) is 0 Å². The lowest BCUT2D eigenvalue weighted by atomic mass is 10.5. The number of ether oxygens (including phenoxy) is 2. The van der Waals surface area contributed by atoms with Crippen molar-refractivity contribution in [2.75, 3.05) is 14.1 Å². The maximum Gasteiger partial charge on any atom is 0.411 e. The summed E-state index contributed by atoms with van der Waals surface area (Å²) < 4.78 is 10.1. The lowest BCUT2D eigenvalue weighted by Gasteiger charge is -2.18. The average Bonchev–Trinajstić information content (AvgIpc) is 1.84. The van der Waals surface area contributed by atoms with Crippen molar-refractivity contribution in [2.24, 2.45) is 0 Å². The van der Waals surface area contributed by atoms with E-state index in [4.69, 9.17) is 9.47 Å². The molecule has 0 fully saturated rings. The van der Waals surface area contributed by atoms with Gasteiger partial charge < -0.3 is 14.4 Å². The van der Waals surface area contributed by atoms with Crippen molar-refractivity contribution >= 4 is 6.09 Å². The minimum Gasteiger partial charge on any atom is -0.420 e. The van der Waals surface area contributed by atoms with Gasteiger partial charge in [-0.05, 0) is 20.8 Å². The van der Waals surface area contributed by atoms with E-state index in [-0.39, 0.29) is 12.2 Å². The fraction of sp³-hybridized carbons (Fsp3) is 0.875. The van der Waals surface area contributed by atoms with Crippen LogP contribution in [0.4, 0.5) is 4.79 Å². The molecule has 72 valence electrons. The van der Waals surface area contributed by atoms with Gasteiger partial charge in [-0.3, -0.25) is 0 Å². The smallest absolute Gasteiger partial charge is 0.411 e. The fourth-order valence-corrected chi connectivity index (χ4v) is 0.658. The van der Waals surface area contributed by atoms with Crippen molar-refractivity contribution in [3.63, 3.8) is 0 Å². The number of hydrogen-bond acceptors (Lipinski definition) is 3. The lowest BCUT2D eigenvalue weighted by molar-refractivity contribution is -0.120. The fourth-order valence-electron chi connectivity index (χ4n) is 0.658. The van der Waals surface area contributed by atoms with Crippen LogP contribution in [0, 0.1) is 0 Å². The summed E-state index contributed by atoms with van der Waals surface area (Å²) >= 11 is 0. The molecule has 1 amide bonds. The van der Waals surface area contributed by atoms with E-state index < -0.39 is 6.29 Å². The molecule has 0 spiro atoms. The summed E-state index contributed by atoms with van der Waals surface area (Å²) in [6.07, 6.45) is -0.807. The van der Waals surface area contributed by atoms with Crippen LogP contribution in [0.5, 0.6) is 0 Å². The molecule has 0 saturated heterocycles. The molecule has 1 unspecified atom stereocenters. The van der Waals surface area contributed by atoms with E-state index in [1.54, 1.807) is 21.0 Å². The molecule has 0 bridgehead atoms. The molecule has 0 aliphatic heterocycles. The summed E-state index contributed by atoms with van der Waals surface area (Å²) in [7, 11) is 3.26. The van der Waals surface area contributed by atoms with Crippen LogP contribution in [0.15, 0.2) is 0 Å². The monoisotopic (exact) mass is 175 g/mol. The molecular weight excluding hydrogens is 158 g/mol. The van der Waals surface area contributed by atoms with Gasteiger partial charge in [0, 0.05) is 14.1 Å². The normalized spacial score (nSPS) is 12.8. The summed E-state index contributed by atoms with van der Waals surface area (Å²) in [6.45, 7) is 5.47. The van der Waals surface area contributed by atoms with Crippen molar-refractivity contribution in [2.45, 2.75) is 33.2 Å². The van der Waals surface area contributed by atoms with Gasteiger partial charge in [-0.1, -0.05) is 0 Å². The van der Waals surface area contributed by atoms with Gasteiger partial charge in [-0.15, -0.1) is 0 Å². The predicted molar refractivity (Wildman–Crippen MR) is 45.9 cm³/mol. The first-order valence-corrected chi connectivity index (χ1v) is 3.97. The maximum atomic E-state index is 11.0. The number of amides is 1. The zero-order chi connectivity index (χ0) is 9.72. The van der Waals surface area contributed by atoms with Gasteiger partial charge >= 0.3 is 6.09 Å². The lowest BCUT2D eigenvalue weighted by Crippen LogP contribution is -2.29. The Labute approximate surface area is 73.4 Å². The molecule has 0 aliphatic rings. The summed E-state index contributed by atoms with van der Waals surface area (Å²) in [5.74, 6) is 0. The molecule has 1 atom stereocenters. The molecule has 0 aromatic heterocycles. The first kappa shape index (κ1) is 11.2. The van der Waals surface area contributed by atoms with E-state index >= 15 is 0 Å². The molecule has 12 heavy (non-hydrogen) atoms. The maximum absolute atomic E-state index is 11.0. The molecular formula is C8H17NO3. The van der Waals surface area contributed by atoms with Gasteiger partial charge in [0.2, 0.25) is 6.29 Å². The third-order valence-corrected chi connectivity index (χ3v) is 1.10. The molecule has 0 aromatic rings. The minimum absolute atomic E-state index is 0.0648. The van der Waals surface area contributed by atoms with E-state index in [1.165, 1.54) is 4.90 Å². The van der Waals surface area contributed by atoms with Gasteiger partial charge in [-0.25, -0.2) is 4.79 Å². The highest BCUT2D eigenvalue weighted by Gasteiger charge is 2.11. The molecule has 4 heteroatoms. The van der Waals surface area contributed by atoms with Gasteiger partial charge in [0.05, 0.1) is 6.10 Å².